The molecule has 128 valence electrons. The van der Waals surface area contributed by atoms with Gasteiger partial charge in [0.25, 0.3) is 0 Å². The van der Waals surface area contributed by atoms with E-state index in [0.29, 0.717) is 12.2 Å². The molecule has 1 heterocycles. The van der Waals surface area contributed by atoms with E-state index in [1.165, 1.54) is 62.5 Å². The Morgan fingerprint density at radius 3 is 2.17 bits per heavy atom. The molecule has 0 radical (unpaired) electrons. The molecule has 0 aromatic heterocycles. The first-order valence-corrected chi connectivity index (χ1v) is 9.45. The molecule has 0 spiro atoms. The largest absolute Gasteiger partial charge is 0.381 e. The summed E-state index contributed by atoms with van der Waals surface area (Å²) in [6, 6.07) is 8.85. The van der Waals surface area contributed by atoms with Crippen molar-refractivity contribution in [2.45, 2.75) is 70.5 Å². The zero-order chi connectivity index (χ0) is 16.1. The van der Waals surface area contributed by atoms with Crippen molar-refractivity contribution in [1.82, 2.24) is 0 Å². The second-order valence-electron chi connectivity index (χ2n) is 7.63. The Morgan fingerprint density at radius 1 is 0.913 bits per heavy atom. The minimum atomic E-state index is 0.323. The maximum atomic E-state index is 6.17. The van der Waals surface area contributed by atoms with Gasteiger partial charge in [-0.2, -0.15) is 0 Å². The van der Waals surface area contributed by atoms with E-state index in [0.717, 1.165) is 18.4 Å². The van der Waals surface area contributed by atoms with E-state index in [-0.39, 0.29) is 0 Å². The fourth-order valence-corrected chi connectivity index (χ4v) is 4.21. The standard InChI is InChI=1S/C21H32O2/c1-16-3-10-19(11-4-16)21-14-9-18(15-23-21)6-5-17-7-12-20(22-2)13-8-17/h3-4,10-11,17-18,20-21H,5-9,12-15H2,1-2H3. The van der Waals surface area contributed by atoms with Crippen molar-refractivity contribution in [2.75, 3.05) is 13.7 Å². The fraction of sp³-hybridized carbons (Fsp3) is 0.714. The molecule has 1 aliphatic carbocycles. The third-order valence-electron chi connectivity index (χ3n) is 5.93. The SMILES string of the molecule is COC1CCC(CCC2CCC(c3ccc(C)cc3)OC2)CC1. The Balaban J connectivity index is 1.37. The smallest absolute Gasteiger partial charge is 0.0825 e. The summed E-state index contributed by atoms with van der Waals surface area (Å²) < 4.78 is 11.6. The lowest BCUT2D eigenvalue weighted by Gasteiger charge is -2.32. The first-order chi connectivity index (χ1) is 11.2. The quantitative estimate of drug-likeness (QED) is 0.719. The summed E-state index contributed by atoms with van der Waals surface area (Å²) in [4.78, 5) is 0. The van der Waals surface area contributed by atoms with Crippen LogP contribution in [0.4, 0.5) is 0 Å². The molecule has 1 aliphatic heterocycles. The lowest BCUT2D eigenvalue weighted by atomic mass is 9.81. The van der Waals surface area contributed by atoms with Crippen molar-refractivity contribution in [3.05, 3.63) is 35.4 Å². The van der Waals surface area contributed by atoms with Gasteiger partial charge in [0.15, 0.2) is 0 Å². The van der Waals surface area contributed by atoms with Crippen molar-refractivity contribution in [3.63, 3.8) is 0 Å². The lowest BCUT2D eigenvalue weighted by molar-refractivity contribution is -0.0218. The van der Waals surface area contributed by atoms with E-state index in [1.54, 1.807) is 0 Å². The van der Waals surface area contributed by atoms with E-state index in [1.807, 2.05) is 7.11 Å². The van der Waals surface area contributed by atoms with Gasteiger partial charge < -0.3 is 9.47 Å². The summed E-state index contributed by atoms with van der Waals surface area (Å²) in [6.45, 7) is 3.09. The third kappa shape index (κ3) is 4.81. The minimum Gasteiger partial charge on any atom is -0.381 e. The number of benzene rings is 1. The molecule has 2 nitrogen and oxygen atoms in total. The second kappa shape index (κ2) is 8.30. The van der Waals surface area contributed by atoms with Crippen molar-refractivity contribution in [2.24, 2.45) is 11.8 Å². The van der Waals surface area contributed by atoms with Crippen LogP contribution >= 0.6 is 0 Å². The summed E-state index contributed by atoms with van der Waals surface area (Å²) in [5.41, 5.74) is 2.68. The van der Waals surface area contributed by atoms with Gasteiger partial charge in [0.05, 0.1) is 18.8 Å². The normalized spacial score (nSPS) is 31.9. The zero-order valence-electron chi connectivity index (χ0n) is 14.8. The predicted octanol–water partition coefficient (Wildman–Crippen LogP) is 5.45. The molecule has 0 N–H and O–H groups in total. The van der Waals surface area contributed by atoms with Gasteiger partial charge >= 0.3 is 0 Å². The molecule has 2 heteroatoms. The second-order valence-corrected chi connectivity index (χ2v) is 7.63. The number of ether oxygens (including phenoxy) is 2. The van der Waals surface area contributed by atoms with Crippen LogP contribution in [0.2, 0.25) is 0 Å². The van der Waals surface area contributed by atoms with Crippen LogP contribution in [0, 0.1) is 18.8 Å². The maximum Gasteiger partial charge on any atom is 0.0825 e. The number of aryl methyl sites for hydroxylation is 1. The van der Waals surface area contributed by atoms with E-state index in [4.69, 9.17) is 9.47 Å². The molecule has 2 unspecified atom stereocenters. The van der Waals surface area contributed by atoms with Gasteiger partial charge in [0, 0.05) is 7.11 Å². The third-order valence-corrected chi connectivity index (χ3v) is 5.93. The van der Waals surface area contributed by atoms with Crippen LogP contribution in [0.1, 0.15) is 68.6 Å². The molecule has 23 heavy (non-hydrogen) atoms. The number of hydrogen-bond donors (Lipinski definition) is 0. The average Bonchev–Trinajstić information content (AvgIpc) is 2.61. The highest BCUT2D eigenvalue weighted by atomic mass is 16.5. The van der Waals surface area contributed by atoms with Crippen LogP contribution in [0.5, 0.6) is 0 Å². The lowest BCUT2D eigenvalue weighted by Crippen LogP contribution is -2.23. The Morgan fingerprint density at radius 2 is 1.57 bits per heavy atom. The molecule has 1 saturated heterocycles. The van der Waals surface area contributed by atoms with Crippen molar-refractivity contribution < 1.29 is 9.47 Å². The monoisotopic (exact) mass is 316 g/mol. The topological polar surface area (TPSA) is 18.5 Å². The highest BCUT2D eigenvalue weighted by molar-refractivity contribution is 5.23. The summed E-state index contributed by atoms with van der Waals surface area (Å²) in [6.07, 6.45) is 11.3. The molecule has 2 aliphatic rings. The minimum absolute atomic E-state index is 0.323. The van der Waals surface area contributed by atoms with Crippen LogP contribution in [0.25, 0.3) is 0 Å². The number of hydrogen-bond acceptors (Lipinski definition) is 2. The van der Waals surface area contributed by atoms with Crippen LogP contribution in [0.15, 0.2) is 24.3 Å². The summed E-state index contributed by atoms with van der Waals surface area (Å²) >= 11 is 0. The van der Waals surface area contributed by atoms with E-state index < -0.39 is 0 Å². The molecular formula is C21H32O2. The summed E-state index contributed by atoms with van der Waals surface area (Å²) in [5.74, 6) is 1.70. The molecule has 0 amide bonds. The van der Waals surface area contributed by atoms with Gasteiger partial charge in [0.1, 0.15) is 0 Å². The van der Waals surface area contributed by atoms with Crippen LogP contribution < -0.4 is 0 Å². The zero-order valence-corrected chi connectivity index (χ0v) is 14.8. The van der Waals surface area contributed by atoms with Crippen molar-refractivity contribution in [1.29, 1.82) is 0 Å². The molecule has 2 fully saturated rings. The van der Waals surface area contributed by atoms with Gasteiger partial charge in [-0.3, -0.25) is 0 Å². The number of methoxy groups -OCH3 is 1. The van der Waals surface area contributed by atoms with Gasteiger partial charge in [-0.05, 0) is 69.3 Å². The first-order valence-electron chi connectivity index (χ1n) is 9.45. The van der Waals surface area contributed by atoms with Gasteiger partial charge in [-0.15, -0.1) is 0 Å². The summed E-state index contributed by atoms with van der Waals surface area (Å²) in [5, 5.41) is 0. The highest BCUT2D eigenvalue weighted by Crippen LogP contribution is 2.35. The van der Waals surface area contributed by atoms with Crippen LogP contribution in [-0.2, 0) is 9.47 Å². The van der Waals surface area contributed by atoms with Crippen LogP contribution in [0.3, 0.4) is 0 Å². The Labute approximate surface area is 141 Å². The predicted molar refractivity (Wildman–Crippen MR) is 94.6 cm³/mol. The molecule has 0 bridgehead atoms. The molecular weight excluding hydrogens is 284 g/mol. The van der Waals surface area contributed by atoms with E-state index in [2.05, 4.69) is 31.2 Å². The van der Waals surface area contributed by atoms with Gasteiger partial charge in [0.2, 0.25) is 0 Å². The molecule has 1 saturated carbocycles. The van der Waals surface area contributed by atoms with Crippen LogP contribution in [-0.4, -0.2) is 19.8 Å². The Kier molecular flexibility index (Phi) is 6.13. The summed E-state index contributed by atoms with van der Waals surface area (Å²) in [7, 11) is 1.86. The average molecular weight is 316 g/mol. The Bertz CT molecular complexity index is 451. The molecule has 1 aromatic rings. The molecule has 1 aromatic carbocycles. The fourth-order valence-electron chi connectivity index (χ4n) is 4.21. The Hall–Kier alpha value is -0.860. The van der Waals surface area contributed by atoms with Crippen molar-refractivity contribution in [3.8, 4) is 0 Å². The van der Waals surface area contributed by atoms with E-state index in [9.17, 15) is 0 Å². The van der Waals surface area contributed by atoms with Gasteiger partial charge in [-0.25, -0.2) is 0 Å². The van der Waals surface area contributed by atoms with Crippen molar-refractivity contribution >= 4 is 0 Å². The number of rotatable bonds is 5. The van der Waals surface area contributed by atoms with Gasteiger partial charge in [-0.1, -0.05) is 36.2 Å². The molecule has 3 rings (SSSR count). The molecule has 2 atom stereocenters. The highest BCUT2D eigenvalue weighted by Gasteiger charge is 2.25. The first kappa shape index (κ1) is 17.0. The maximum absolute atomic E-state index is 6.17. The van der Waals surface area contributed by atoms with E-state index >= 15 is 0 Å².